The minimum atomic E-state index is -0.171. The molecule has 0 aromatic heterocycles. The van der Waals surface area contributed by atoms with Gasteiger partial charge in [-0.3, -0.25) is 0 Å². The molecule has 1 aromatic rings. The molecule has 1 nitrogen and oxygen atoms in total. The van der Waals surface area contributed by atoms with Gasteiger partial charge in [0.1, 0.15) is 6.29 Å². The molecule has 1 fully saturated rings. The van der Waals surface area contributed by atoms with Crippen molar-refractivity contribution in [2.24, 2.45) is 5.41 Å². The second kappa shape index (κ2) is 4.43. The Morgan fingerprint density at radius 2 is 1.73 bits per heavy atom. The second-order valence-corrected chi connectivity index (χ2v) is 4.30. The van der Waals surface area contributed by atoms with Crippen LogP contribution in [0.2, 0.25) is 0 Å². The molecular weight excluding hydrogens is 184 g/mol. The summed E-state index contributed by atoms with van der Waals surface area (Å²) in [5, 5.41) is 0. The van der Waals surface area contributed by atoms with E-state index in [9.17, 15) is 4.79 Å². The lowest BCUT2D eigenvalue weighted by Crippen LogP contribution is -2.13. The maximum absolute atomic E-state index is 11.1. The predicted molar refractivity (Wildman–Crippen MR) is 62.4 cm³/mol. The number of carbonyl (C=O) groups excluding carboxylic acids is 1. The summed E-state index contributed by atoms with van der Waals surface area (Å²) < 4.78 is 0. The first kappa shape index (κ1) is 10.2. The van der Waals surface area contributed by atoms with Gasteiger partial charge in [-0.25, -0.2) is 0 Å². The highest BCUT2D eigenvalue weighted by Crippen LogP contribution is 2.37. The van der Waals surface area contributed by atoms with Crippen molar-refractivity contribution >= 4 is 12.4 Å². The first-order valence-corrected chi connectivity index (χ1v) is 5.55. The Hall–Kier alpha value is -1.37. The van der Waals surface area contributed by atoms with Crippen LogP contribution in [0.4, 0.5) is 0 Å². The SMILES string of the molecule is O=CC1(/C=C/c2ccccc2)CCCC1. The lowest BCUT2D eigenvalue weighted by atomic mass is 9.87. The quantitative estimate of drug-likeness (QED) is 0.683. The maximum Gasteiger partial charge on any atom is 0.129 e. The zero-order valence-corrected chi connectivity index (χ0v) is 8.86. The van der Waals surface area contributed by atoms with E-state index in [1.54, 1.807) is 0 Å². The van der Waals surface area contributed by atoms with Crippen LogP contribution in [0.5, 0.6) is 0 Å². The molecule has 0 atom stereocenters. The molecule has 1 aliphatic carbocycles. The number of rotatable bonds is 3. The van der Waals surface area contributed by atoms with Gasteiger partial charge in [-0.2, -0.15) is 0 Å². The van der Waals surface area contributed by atoms with Gasteiger partial charge < -0.3 is 4.79 Å². The van der Waals surface area contributed by atoms with E-state index in [4.69, 9.17) is 0 Å². The standard InChI is InChI=1S/C14H16O/c15-12-14(9-4-5-10-14)11-8-13-6-2-1-3-7-13/h1-3,6-8,11-12H,4-5,9-10H2/b11-8+. The van der Waals surface area contributed by atoms with Crippen LogP contribution in [0.15, 0.2) is 36.4 Å². The van der Waals surface area contributed by atoms with E-state index in [-0.39, 0.29) is 5.41 Å². The molecule has 78 valence electrons. The summed E-state index contributed by atoms with van der Waals surface area (Å²) in [5.74, 6) is 0. The van der Waals surface area contributed by atoms with Gasteiger partial charge in [0, 0.05) is 5.41 Å². The summed E-state index contributed by atoms with van der Waals surface area (Å²) in [4.78, 5) is 11.1. The molecule has 0 bridgehead atoms. The molecule has 1 heteroatoms. The Morgan fingerprint density at radius 3 is 2.33 bits per heavy atom. The summed E-state index contributed by atoms with van der Waals surface area (Å²) in [6.45, 7) is 0. The van der Waals surface area contributed by atoms with E-state index < -0.39 is 0 Å². The van der Waals surface area contributed by atoms with Crippen LogP contribution in [-0.2, 0) is 4.79 Å². The molecule has 0 radical (unpaired) electrons. The van der Waals surface area contributed by atoms with Crippen LogP contribution in [0.1, 0.15) is 31.2 Å². The van der Waals surface area contributed by atoms with Crippen molar-refractivity contribution < 1.29 is 4.79 Å². The van der Waals surface area contributed by atoms with Gasteiger partial charge in [-0.15, -0.1) is 0 Å². The Labute approximate surface area is 90.8 Å². The lowest BCUT2D eigenvalue weighted by molar-refractivity contribution is -0.113. The highest BCUT2D eigenvalue weighted by molar-refractivity contribution is 5.67. The number of hydrogen-bond donors (Lipinski definition) is 0. The molecule has 1 aromatic carbocycles. The number of allylic oxidation sites excluding steroid dienone is 1. The molecule has 0 spiro atoms. The molecule has 0 heterocycles. The van der Waals surface area contributed by atoms with Crippen molar-refractivity contribution in [1.29, 1.82) is 0 Å². The van der Waals surface area contributed by atoms with Crippen molar-refractivity contribution in [3.8, 4) is 0 Å². The third-order valence-electron chi connectivity index (χ3n) is 3.18. The van der Waals surface area contributed by atoms with Crippen LogP contribution >= 0.6 is 0 Å². The molecule has 0 unspecified atom stereocenters. The summed E-state index contributed by atoms with van der Waals surface area (Å²) in [6, 6.07) is 10.2. The Balaban J connectivity index is 2.13. The molecule has 1 aliphatic rings. The first-order chi connectivity index (χ1) is 7.35. The largest absolute Gasteiger partial charge is 0.302 e. The number of benzene rings is 1. The summed E-state index contributed by atoms with van der Waals surface area (Å²) in [7, 11) is 0. The molecule has 0 N–H and O–H groups in total. The third kappa shape index (κ3) is 2.35. The smallest absolute Gasteiger partial charge is 0.129 e. The fraction of sp³-hybridized carbons (Fsp3) is 0.357. The van der Waals surface area contributed by atoms with E-state index >= 15 is 0 Å². The van der Waals surface area contributed by atoms with E-state index in [1.807, 2.05) is 18.2 Å². The van der Waals surface area contributed by atoms with Crippen molar-refractivity contribution in [2.45, 2.75) is 25.7 Å². The second-order valence-electron chi connectivity index (χ2n) is 4.30. The minimum absolute atomic E-state index is 0.171. The Kier molecular flexibility index (Phi) is 3.00. The van der Waals surface area contributed by atoms with Crippen LogP contribution in [0, 0.1) is 5.41 Å². The highest BCUT2D eigenvalue weighted by Gasteiger charge is 2.30. The van der Waals surface area contributed by atoms with Crippen molar-refractivity contribution in [3.05, 3.63) is 42.0 Å². The van der Waals surface area contributed by atoms with Gasteiger partial charge in [-0.05, 0) is 18.4 Å². The summed E-state index contributed by atoms with van der Waals surface area (Å²) >= 11 is 0. The van der Waals surface area contributed by atoms with Gasteiger partial charge >= 0.3 is 0 Å². The van der Waals surface area contributed by atoms with Gasteiger partial charge in [0.2, 0.25) is 0 Å². The summed E-state index contributed by atoms with van der Waals surface area (Å²) in [5.41, 5.74) is 1.00. The molecule has 1 saturated carbocycles. The molecule has 2 rings (SSSR count). The highest BCUT2D eigenvalue weighted by atomic mass is 16.1. The lowest BCUT2D eigenvalue weighted by Gasteiger charge is -2.15. The molecule has 0 saturated heterocycles. The zero-order chi connectivity index (χ0) is 10.6. The zero-order valence-electron chi connectivity index (χ0n) is 8.86. The fourth-order valence-electron chi connectivity index (χ4n) is 2.18. The first-order valence-electron chi connectivity index (χ1n) is 5.55. The van der Waals surface area contributed by atoms with Crippen molar-refractivity contribution in [1.82, 2.24) is 0 Å². The van der Waals surface area contributed by atoms with Gasteiger partial charge in [0.05, 0.1) is 0 Å². The average Bonchev–Trinajstić information content (AvgIpc) is 2.77. The summed E-state index contributed by atoms with van der Waals surface area (Å²) in [6.07, 6.45) is 9.66. The van der Waals surface area contributed by atoms with Gasteiger partial charge in [-0.1, -0.05) is 55.3 Å². The number of hydrogen-bond acceptors (Lipinski definition) is 1. The van der Waals surface area contributed by atoms with Crippen LogP contribution in [0.3, 0.4) is 0 Å². The maximum atomic E-state index is 11.1. The van der Waals surface area contributed by atoms with Crippen molar-refractivity contribution in [2.75, 3.05) is 0 Å². The monoisotopic (exact) mass is 200 g/mol. The molecule has 0 amide bonds. The third-order valence-corrected chi connectivity index (χ3v) is 3.18. The minimum Gasteiger partial charge on any atom is -0.302 e. The topological polar surface area (TPSA) is 17.1 Å². The number of carbonyl (C=O) groups is 1. The fourth-order valence-corrected chi connectivity index (χ4v) is 2.18. The van der Waals surface area contributed by atoms with Gasteiger partial charge in [0.25, 0.3) is 0 Å². The van der Waals surface area contributed by atoms with Crippen molar-refractivity contribution in [3.63, 3.8) is 0 Å². The van der Waals surface area contributed by atoms with E-state index in [0.717, 1.165) is 19.1 Å². The van der Waals surface area contributed by atoms with Gasteiger partial charge in [0.15, 0.2) is 0 Å². The molecule has 0 aliphatic heterocycles. The van der Waals surface area contributed by atoms with E-state index in [1.165, 1.54) is 18.4 Å². The number of aldehydes is 1. The predicted octanol–water partition coefficient (Wildman–Crippen LogP) is 3.46. The van der Waals surface area contributed by atoms with Crippen LogP contribution < -0.4 is 0 Å². The van der Waals surface area contributed by atoms with Crippen LogP contribution in [0.25, 0.3) is 6.08 Å². The molecule has 15 heavy (non-hydrogen) atoms. The van der Waals surface area contributed by atoms with E-state index in [2.05, 4.69) is 24.3 Å². The average molecular weight is 200 g/mol. The van der Waals surface area contributed by atoms with Crippen LogP contribution in [-0.4, -0.2) is 6.29 Å². The Bertz CT molecular complexity index is 345. The van der Waals surface area contributed by atoms with E-state index in [0.29, 0.717) is 0 Å². The normalized spacial score (nSPS) is 19.5. The Morgan fingerprint density at radius 1 is 1.07 bits per heavy atom. The molecular formula is C14H16O.